The average Bonchev–Trinajstić information content (AvgIpc) is 0. The number of hydrogen-bond donors (Lipinski definition) is 0. The zero-order valence-electron chi connectivity index (χ0n) is 1.58. The van der Waals surface area contributed by atoms with Gasteiger partial charge in [-0.15, -0.1) is 0 Å². The summed E-state index contributed by atoms with van der Waals surface area (Å²) < 4.78 is 0. The molecule has 0 aliphatic carbocycles. The van der Waals surface area contributed by atoms with Gasteiger partial charge in [0.05, 0.1) is 0 Å². The molecule has 4 radical (unpaired) electrons. The third-order valence-electron chi connectivity index (χ3n) is 0. The van der Waals surface area contributed by atoms with E-state index in [2.05, 4.69) is 0 Å². The number of hydrogen-bond acceptors (Lipinski definition) is 0. The first-order chi connectivity index (χ1) is 0. The van der Waals surface area contributed by atoms with E-state index in [9.17, 15) is 0 Å². The van der Waals surface area contributed by atoms with Crippen LogP contribution in [0, 0.1) is 38.2 Å². The van der Waals surface area contributed by atoms with Gasteiger partial charge in [-0.3, -0.25) is 0 Å². The molecule has 0 saturated heterocycles. The summed E-state index contributed by atoms with van der Waals surface area (Å²) in [5.41, 5.74) is 0. The van der Waals surface area contributed by atoms with Gasteiger partial charge in [0.2, 0.25) is 0 Å². The van der Waals surface area contributed by atoms with Crippen LogP contribution in [0.1, 0.15) is 0 Å². The van der Waals surface area contributed by atoms with Crippen molar-refractivity contribution in [3.05, 3.63) is 0 Å². The normalized spacial score (nSPS) is 0. The van der Waals surface area contributed by atoms with Gasteiger partial charge in [-0.05, 0) is 0 Å². The second-order valence-corrected chi connectivity index (χ2v) is 0. The Hall–Kier alpha value is 2.36. The second kappa shape index (κ2) is 18.3. The Bertz CT molecular complexity index is 8.00. The van der Waals surface area contributed by atoms with Crippen molar-refractivity contribution in [3.63, 3.8) is 0 Å². The Morgan fingerprint density at radius 1 is 1.00 bits per heavy atom. The van der Waals surface area contributed by atoms with E-state index in [4.69, 9.17) is 0 Å². The molecule has 0 bridgehead atoms. The molecule has 0 aromatic rings. The maximum atomic E-state index is 0. The molecule has 0 nitrogen and oxygen atoms in total. The summed E-state index contributed by atoms with van der Waals surface area (Å²) in [6.45, 7) is 0. The topological polar surface area (TPSA) is 0 Å². The fraction of sp³-hybridized carbons (Fsp3) is 0. The predicted octanol–water partition coefficient (Wildman–Crippen LogP) is -0.386. The van der Waals surface area contributed by atoms with Crippen molar-refractivity contribution in [2.45, 2.75) is 0 Å². The molecule has 0 rings (SSSR count). The van der Waals surface area contributed by atoms with Crippen molar-refractivity contribution < 1.29 is 72.0 Å². The standard InChI is InChI=1S/B.Co.Dy.Fe. The molecule has 30 valence electrons. The maximum Gasteiger partial charge on any atom is 0 e. The Labute approximate surface area is 79.1 Å². The summed E-state index contributed by atoms with van der Waals surface area (Å²) in [5, 5.41) is 0. The molecule has 4 heavy (non-hydrogen) atoms. The fourth-order valence-electron chi connectivity index (χ4n) is 0. The molecule has 0 aromatic carbocycles. The van der Waals surface area contributed by atoms with Gasteiger partial charge in [-0.25, -0.2) is 0 Å². The van der Waals surface area contributed by atoms with Crippen LogP contribution in [0.5, 0.6) is 0 Å². The van der Waals surface area contributed by atoms with Crippen LogP contribution < -0.4 is 0 Å². The van der Waals surface area contributed by atoms with Crippen molar-refractivity contribution in [2.24, 2.45) is 0 Å². The third-order valence-corrected chi connectivity index (χ3v) is 0. The van der Waals surface area contributed by atoms with E-state index < -0.39 is 0 Å². The molecule has 0 amide bonds. The minimum Gasteiger partial charge on any atom is 0 e. The Morgan fingerprint density at radius 3 is 1.00 bits per heavy atom. The fourth-order valence-corrected chi connectivity index (χ4v) is 0. The van der Waals surface area contributed by atoms with Crippen LogP contribution in [-0.4, -0.2) is 8.41 Å². The Kier molecular flexibility index (Phi) is 150. The van der Waals surface area contributed by atoms with Crippen LogP contribution in [0.4, 0.5) is 0 Å². The van der Waals surface area contributed by atoms with Gasteiger partial charge < -0.3 is 0 Å². The molecule has 0 saturated carbocycles. The van der Waals surface area contributed by atoms with Crippen molar-refractivity contribution in [1.29, 1.82) is 0 Å². The van der Waals surface area contributed by atoms with E-state index in [1.807, 2.05) is 0 Å². The summed E-state index contributed by atoms with van der Waals surface area (Å²) in [6, 6.07) is 0. The van der Waals surface area contributed by atoms with Crippen LogP contribution in [0.2, 0.25) is 0 Å². The molecule has 4 heteroatoms. The largest absolute Gasteiger partial charge is 0 e. The van der Waals surface area contributed by atoms with Gasteiger partial charge in [0.15, 0.2) is 0 Å². The predicted molar refractivity (Wildman–Crippen MR) is 5.75 cm³/mol. The monoisotopic (exact) mass is 290 g/mol. The van der Waals surface area contributed by atoms with Gasteiger partial charge in [-0.1, -0.05) is 0 Å². The van der Waals surface area contributed by atoms with Gasteiger partial charge in [0.1, 0.15) is 0 Å². The van der Waals surface area contributed by atoms with Crippen molar-refractivity contribution in [1.82, 2.24) is 0 Å². The minimum atomic E-state index is 0. The van der Waals surface area contributed by atoms with Gasteiger partial charge >= 0.3 is 0 Å². The van der Waals surface area contributed by atoms with Crippen molar-refractivity contribution >= 4 is 8.41 Å². The van der Waals surface area contributed by atoms with Gasteiger partial charge in [0.25, 0.3) is 0 Å². The van der Waals surface area contributed by atoms with E-state index in [1.165, 1.54) is 0 Å². The van der Waals surface area contributed by atoms with Crippen molar-refractivity contribution in [3.8, 4) is 0 Å². The van der Waals surface area contributed by atoms with E-state index in [0.717, 1.165) is 0 Å². The molecule has 0 spiro atoms. The summed E-state index contributed by atoms with van der Waals surface area (Å²) in [4.78, 5) is 0. The summed E-state index contributed by atoms with van der Waals surface area (Å²) in [5.74, 6) is 0. The van der Waals surface area contributed by atoms with Gasteiger partial charge in [0, 0.05) is 80.4 Å². The molecule has 0 aromatic heterocycles. The first-order valence-corrected chi connectivity index (χ1v) is 0. The molecular weight excluding hydrogens is 288 g/mol. The van der Waals surface area contributed by atoms with Crippen LogP contribution in [0.25, 0.3) is 0 Å². The average molecular weight is 288 g/mol. The molecular formula is BCoDyFe. The second-order valence-electron chi connectivity index (χ2n) is 0. The molecule has 0 N–H and O–H groups in total. The van der Waals surface area contributed by atoms with Crippen LogP contribution >= 0.6 is 0 Å². The quantitative estimate of drug-likeness (QED) is 0.533. The Balaban J connectivity index is 0. The zero-order chi connectivity index (χ0) is 0. The van der Waals surface area contributed by atoms with E-state index in [0.29, 0.717) is 0 Å². The molecule has 0 unspecified atom stereocenters. The van der Waals surface area contributed by atoms with Crippen LogP contribution in [0.3, 0.4) is 0 Å². The molecule has 0 atom stereocenters. The van der Waals surface area contributed by atoms with Crippen LogP contribution in [-0.2, 0) is 33.8 Å². The Morgan fingerprint density at radius 2 is 1.00 bits per heavy atom. The minimum absolute atomic E-state index is 0. The summed E-state index contributed by atoms with van der Waals surface area (Å²) in [6.07, 6.45) is 0. The molecule has 0 fully saturated rings. The summed E-state index contributed by atoms with van der Waals surface area (Å²) in [7, 11) is 0. The first-order valence-electron chi connectivity index (χ1n) is 0. The van der Waals surface area contributed by atoms with E-state index in [-0.39, 0.29) is 80.4 Å². The first kappa shape index (κ1) is 32.8. The smallest absolute Gasteiger partial charge is 0 e. The molecule has 0 heterocycles. The maximum absolute atomic E-state index is 0. The van der Waals surface area contributed by atoms with E-state index in [1.54, 1.807) is 0 Å². The van der Waals surface area contributed by atoms with Crippen LogP contribution in [0.15, 0.2) is 0 Å². The molecule has 0 aliphatic rings. The third kappa shape index (κ3) is 8.84. The summed E-state index contributed by atoms with van der Waals surface area (Å²) >= 11 is 0. The SMILES string of the molecule is [B].[Co].[Dy].[Fe]. The van der Waals surface area contributed by atoms with Crippen molar-refractivity contribution in [2.75, 3.05) is 0 Å². The van der Waals surface area contributed by atoms with Gasteiger partial charge in [-0.2, -0.15) is 0 Å². The molecule has 0 aliphatic heterocycles. The number of rotatable bonds is 0. The zero-order valence-corrected chi connectivity index (χ0v) is 5.75. The van der Waals surface area contributed by atoms with E-state index >= 15 is 0 Å².